The molecule has 1 rings (SSSR count). The Kier molecular flexibility index (Phi) is 6.37. The van der Waals surface area contributed by atoms with Crippen LogP contribution < -0.4 is 5.73 Å². The highest BCUT2D eigenvalue weighted by Gasteiger charge is 2.29. The number of ether oxygens (including phenoxy) is 1. The Hall–Kier alpha value is -0.200. The average molecular weight is 351 g/mol. The zero-order valence-corrected chi connectivity index (χ0v) is 12.2. The van der Waals surface area contributed by atoms with Gasteiger partial charge in [0.2, 0.25) is 0 Å². The molecule has 0 aliphatic carbocycles. The fourth-order valence-electron chi connectivity index (χ4n) is 1.86. The van der Waals surface area contributed by atoms with Gasteiger partial charge in [0.15, 0.2) is 0 Å². The van der Waals surface area contributed by atoms with Crippen LogP contribution in [0.5, 0.6) is 0 Å². The molecule has 0 bridgehead atoms. The van der Waals surface area contributed by atoms with Crippen LogP contribution in [0.4, 0.5) is 4.39 Å². The standard InChI is InChI=1S/C13H19FINO/c1-17-10-13(14,7-2-8-16)9-11-3-5-12(15)6-4-11/h3-6H,2,7-10,16H2,1H3. The maximum atomic E-state index is 14.6. The molecule has 17 heavy (non-hydrogen) atoms. The smallest absolute Gasteiger partial charge is 0.138 e. The Bertz CT molecular complexity index is 331. The van der Waals surface area contributed by atoms with Gasteiger partial charge in [-0.1, -0.05) is 12.1 Å². The summed E-state index contributed by atoms with van der Waals surface area (Å²) in [5, 5.41) is 0. The summed E-state index contributed by atoms with van der Waals surface area (Å²) in [6.07, 6.45) is 1.52. The zero-order chi connectivity index (χ0) is 12.7. The van der Waals surface area contributed by atoms with Gasteiger partial charge in [0.25, 0.3) is 0 Å². The summed E-state index contributed by atoms with van der Waals surface area (Å²) >= 11 is 2.24. The van der Waals surface area contributed by atoms with E-state index in [1.54, 1.807) is 0 Å². The quantitative estimate of drug-likeness (QED) is 0.767. The van der Waals surface area contributed by atoms with E-state index in [1.165, 1.54) is 7.11 Å². The number of rotatable bonds is 7. The Labute approximate surface area is 116 Å². The number of hydrogen-bond donors (Lipinski definition) is 1. The van der Waals surface area contributed by atoms with Crippen molar-refractivity contribution in [1.29, 1.82) is 0 Å². The van der Waals surface area contributed by atoms with Crippen molar-refractivity contribution in [3.05, 3.63) is 33.4 Å². The molecule has 0 aliphatic rings. The van der Waals surface area contributed by atoms with Crippen molar-refractivity contribution in [3.8, 4) is 0 Å². The third-order valence-electron chi connectivity index (χ3n) is 2.67. The zero-order valence-electron chi connectivity index (χ0n) is 10.1. The summed E-state index contributed by atoms with van der Waals surface area (Å²) < 4.78 is 20.7. The summed E-state index contributed by atoms with van der Waals surface area (Å²) in [6.45, 7) is 0.640. The molecule has 0 fully saturated rings. The van der Waals surface area contributed by atoms with Crippen LogP contribution in [0.15, 0.2) is 24.3 Å². The molecule has 0 amide bonds. The van der Waals surface area contributed by atoms with Crippen molar-refractivity contribution in [1.82, 2.24) is 0 Å². The lowest BCUT2D eigenvalue weighted by molar-refractivity contribution is 0.0334. The molecule has 0 radical (unpaired) electrons. The molecule has 96 valence electrons. The lowest BCUT2D eigenvalue weighted by Crippen LogP contribution is -2.32. The van der Waals surface area contributed by atoms with Gasteiger partial charge in [0.1, 0.15) is 5.67 Å². The average Bonchev–Trinajstić information content (AvgIpc) is 2.30. The Morgan fingerprint density at radius 3 is 2.53 bits per heavy atom. The van der Waals surface area contributed by atoms with Crippen LogP contribution in [-0.4, -0.2) is 25.9 Å². The molecule has 0 aromatic heterocycles. The number of halogens is 2. The van der Waals surface area contributed by atoms with E-state index < -0.39 is 5.67 Å². The molecule has 4 heteroatoms. The molecule has 0 spiro atoms. The van der Waals surface area contributed by atoms with Gasteiger partial charge >= 0.3 is 0 Å². The van der Waals surface area contributed by atoms with Gasteiger partial charge in [-0.05, 0) is 59.7 Å². The second kappa shape index (κ2) is 7.28. The number of nitrogens with two attached hydrogens (primary N) is 1. The second-order valence-corrected chi connectivity index (χ2v) is 5.53. The van der Waals surface area contributed by atoms with Gasteiger partial charge in [0, 0.05) is 17.1 Å². The van der Waals surface area contributed by atoms with E-state index in [-0.39, 0.29) is 6.61 Å². The van der Waals surface area contributed by atoms with Gasteiger partial charge in [0.05, 0.1) is 6.61 Å². The first-order valence-corrected chi connectivity index (χ1v) is 6.80. The Balaban J connectivity index is 2.67. The lowest BCUT2D eigenvalue weighted by atomic mass is 9.92. The third kappa shape index (κ3) is 5.31. The first-order valence-electron chi connectivity index (χ1n) is 5.72. The number of alkyl halides is 1. The van der Waals surface area contributed by atoms with Crippen molar-refractivity contribution in [3.63, 3.8) is 0 Å². The van der Waals surface area contributed by atoms with Crippen LogP contribution in [0.2, 0.25) is 0 Å². The van der Waals surface area contributed by atoms with Gasteiger partial charge < -0.3 is 10.5 Å². The Morgan fingerprint density at radius 1 is 1.35 bits per heavy atom. The fraction of sp³-hybridized carbons (Fsp3) is 0.538. The summed E-state index contributed by atoms with van der Waals surface area (Å²) in [5.74, 6) is 0. The maximum Gasteiger partial charge on any atom is 0.138 e. The molecule has 1 aromatic carbocycles. The summed E-state index contributed by atoms with van der Waals surface area (Å²) in [6, 6.07) is 7.92. The largest absolute Gasteiger partial charge is 0.381 e. The molecule has 2 nitrogen and oxygen atoms in total. The highest BCUT2D eigenvalue weighted by atomic mass is 127. The van der Waals surface area contributed by atoms with Crippen molar-refractivity contribution in [2.24, 2.45) is 5.73 Å². The van der Waals surface area contributed by atoms with E-state index in [0.29, 0.717) is 25.8 Å². The van der Waals surface area contributed by atoms with E-state index in [1.807, 2.05) is 24.3 Å². The first kappa shape index (κ1) is 14.9. The van der Waals surface area contributed by atoms with Crippen LogP contribution >= 0.6 is 22.6 Å². The van der Waals surface area contributed by atoms with E-state index in [9.17, 15) is 4.39 Å². The van der Waals surface area contributed by atoms with Gasteiger partial charge in [-0.25, -0.2) is 4.39 Å². The molecule has 0 aliphatic heterocycles. The van der Waals surface area contributed by atoms with E-state index >= 15 is 0 Å². The van der Waals surface area contributed by atoms with E-state index in [0.717, 1.165) is 9.13 Å². The fourth-order valence-corrected chi connectivity index (χ4v) is 2.22. The minimum absolute atomic E-state index is 0.124. The molecular formula is C13H19FINO. The SMILES string of the molecule is COCC(F)(CCCN)Cc1ccc(I)cc1. The normalized spacial score (nSPS) is 14.6. The number of benzene rings is 1. The van der Waals surface area contributed by atoms with Crippen LogP contribution in [-0.2, 0) is 11.2 Å². The predicted octanol–water partition coefficient (Wildman–Crippen LogP) is 2.93. The van der Waals surface area contributed by atoms with Crippen LogP contribution in [0.1, 0.15) is 18.4 Å². The predicted molar refractivity (Wildman–Crippen MR) is 76.9 cm³/mol. The van der Waals surface area contributed by atoms with Crippen molar-refractivity contribution < 1.29 is 9.13 Å². The molecule has 0 heterocycles. The van der Waals surface area contributed by atoms with Gasteiger partial charge in [-0.15, -0.1) is 0 Å². The summed E-state index contributed by atoms with van der Waals surface area (Å²) in [4.78, 5) is 0. The maximum absolute atomic E-state index is 14.6. The highest BCUT2D eigenvalue weighted by molar-refractivity contribution is 14.1. The topological polar surface area (TPSA) is 35.2 Å². The van der Waals surface area contributed by atoms with Crippen LogP contribution in [0.25, 0.3) is 0 Å². The van der Waals surface area contributed by atoms with Crippen LogP contribution in [0, 0.1) is 3.57 Å². The van der Waals surface area contributed by atoms with E-state index in [2.05, 4.69) is 22.6 Å². The third-order valence-corrected chi connectivity index (χ3v) is 3.39. The summed E-state index contributed by atoms with van der Waals surface area (Å²) in [7, 11) is 1.53. The number of methoxy groups -OCH3 is 1. The minimum Gasteiger partial charge on any atom is -0.381 e. The van der Waals surface area contributed by atoms with Gasteiger partial charge in [-0.3, -0.25) is 0 Å². The minimum atomic E-state index is -1.30. The number of hydrogen-bond acceptors (Lipinski definition) is 2. The van der Waals surface area contributed by atoms with Crippen molar-refractivity contribution in [2.45, 2.75) is 24.9 Å². The monoisotopic (exact) mass is 351 g/mol. The first-order chi connectivity index (χ1) is 8.09. The molecule has 1 aromatic rings. The van der Waals surface area contributed by atoms with Crippen LogP contribution in [0.3, 0.4) is 0 Å². The van der Waals surface area contributed by atoms with Gasteiger partial charge in [-0.2, -0.15) is 0 Å². The van der Waals surface area contributed by atoms with Crippen molar-refractivity contribution in [2.75, 3.05) is 20.3 Å². The van der Waals surface area contributed by atoms with Crippen molar-refractivity contribution >= 4 is 22.6 Å². The highest BCUT2D eigenvalue weighted by Crippen LogP contribution is 2.24. The molecule has 0 saturated heterocycles. The molecule has 1 unspecified atom stereocenters. The molecular weight excluding hydrogens is 332 g/mol. The lowest BCUT2D eigenvalue weighted by Gasteiger charge is -2.24. The van der Waals surface area contributed by atoms with E-state index in [4.69, 9.17) is 10.5 Å². The molecule has 2 N–H and O–H groups in total. The molecule has 1 atom stereocenters. The second-order valence-electron chi connectivity index (χ2n) is 4.28. The summed E-state index contributed by atoms with van der Waals surface area (Å²) in [5.41, 5.74) is 5.13. The molecule has 0 saturated carbocycles. The Morgan fingerprint density at radius 2 is 2.00 bits per heavy atom.